The Morgan fingerprint density at radius 3 is 2.53 bits per heavy atom. The first-order valence-electron chi connectivity index (χ1n) is 5.56. The van der Waals surface area contributed by atoms with E-state index in [1.807, 2.05) is 26.8 Å². The standard InChI is InChI=1S/C13H19NO3/c1-8-7-11(14-12(16)5-6-15)9(2)10(3)13(8)17-4/h7,15H,5-6H2,1-4H3,(H,14,16). The minimum absolute atomic E-state index is 0.115. The zero-order valence-corrected chi connectivity index (χ0v) is 10.8. The number of aliphatic hydroxyl groups is 1. The van der Waals surface area contributed by atoms with Crippen molar-refractivity contribution in [2.75, 3.05) is 19.0 Å². The van der Waals surface area contributed by atoms with Crippen LogP contribution in [0.15, 0.2) is 6.07 Å². The Balaban J connectivity index is 3.06. The lowest BCUT2D eigenvalue weighted by atomic mass is 10.0. The molecule has 0 aromatic heterocycles. The SMILES string of the molecule is COc1c(C)cc(NC(=O)CCO)c(C)c1C. The van der Waals surface area contributed by atoms with Crippen LogP contribution in [0.25, 0.3) is 0 Å². The molecule has 0 bridgehead atoms. The Labute approximate surface area is 102 Å². The molecule has 1 aromatic rings. The fraction of sp³-hybridized carbons (Fsp3) is 0.462. The third kappa shape index (κ3) is 2.97. The van der Waals surface area contributed by atoms with Gasteiger partial charge in [-0.3, -0.25) is 4.79 Å². The van der Waals surface area contributed by atoms with Crippen molar-refractivity contribution in [2.45, 2.75) is 27.2 Å². The molecule has 2 N–H and O–H groups in total. The minimum atomic E-state index is -0.181. The maximum Gasteiger partial charge on any atom is 0.226 e. The molecule has 0 aliphatic carbocycles. The third-order valence-electron chi connectivity index (χ3n) is 2.84. The van der Waals surface area contributed by atoms with Gasteiger partial charge in [-0.2, -0.15) is 0 Å². The second-order valence-corrected chi connectivity index (χ2v) is 4.05. The maximum atomic E-state index is 11.4. The van der Waals surface area contributed by atoms with Crippen LogP contribution in [0, 0.1) is 20.8 Å². The third-order valence-corrected chi connectivity index (χ3v) is 2.84. The highest BCUT2D eigenvalue weighted by molar-refractivity contribution is 5.92. The van der Waals surface area contributed by atoms with Crippen molar-refractivity contribution < 1.29 is 14.6 Å². The molecule has 0 heterocycles. The summed E-state index contributed by atoms with van der Waals surface area (Å²) in [6.07, 6.45) is 0.115. The van der Waals surface area contributed by atoms with Gasteiger partial charge in [-0.1, -0.05) is 0 Å². The first kappa shape index (κ1) is 13.5. The van der Waals surface area contributed by atoms with E-state index < -0.39 is 0 Å². The highest BCUT2D eigenvalue weighted by atomic mass is 16.5. The van der Waals surface area contributed by atoms with E-state index in [1.165, 1.54) is 0 Å². The number of hydrogen-bond acceptors (Lipinski definition) is 3. The van der Waals surface area contributed by atoms with E-state index in [2.05, 4.69) is 5.32 Å². The number of carbonyl (C=O) groups excluding carboxylic acids is 1. The van der Waals surface area contributed by atoms with Gasteiger partial charge >= 0.3 is 0 Å². The van der Waals surface area contributed by atoms with E-state index in [0.29, 0.717) is 0 Å². The van der Waals surface area contributed by atoms with Crippen LogP contribution >= 0.6 is 0 Å². The lowest BCUT2D eigenvalue weighted by Crippen LogP contribution is -2.14. The smallest absolute Gasteiger partial charge is 0.226 e. The Hall–Kier alpha value is -1.55. The Kier molecular flexibility index (Phi) is 4.52. The highest BCUT2D eigenvalue weighted by Crippen LogP contribution is 2.31. The van der Waals surface area contributed by atoms with Gasteiger partial charge in [0.25, 0.3) is 0 Å². The van der Waals surface area contributed by atoms with Crippen molar-refractivity contribution >= 4 is 11.6 Å². The van der Waals surface area contributed by atoms with E-state index in [1.54, 1.807) is 7.11 Å². The first-order chi connectivity index (χ1) is 8.01. The Bertz CT molecular complexity index is 427. The van der Waals surface area contributed by atoms with Gasteiger partial charge in [-0.05, 0) is 43.5 Å². The number of methoxy groups -OCH3 is 1. The number of ether oxygens (including phenoxy) is 1. The monoisotopic (exact) mass is 237 g/mol. The van der Waals surface area contributed by atoms with Crippen molar-refractivity contribution in [1.82, 2.24) is 0 Å². The highest BCUT2D eigenvalue weighted by Gasteiger charge is 2.12. The number of hydrogen-bond donors (Lipinski definition) is 2. The van der Waals surface area contributed by atoms with Crippen LogP contribution in [-0.4, -0.2) is 24.7 Å². The van der Waals surface area contributed by atoms with Crippen molar-refractivity contribution in [3.05, 3.63) is 22.8 Å². The van der Waals surface area contributed by atoms with Crippen LogP contribution in [0.3, 0.4) is 0 Å². The summed E-state index contributed by atoms with van der Waals surface area (Å²) < 4.78 is 5.31. The van der Waals surface area contributed by atoms with Crippen LogP contribution in [0.4, 0.5) is 5.69 Å². The summed E-state index contributed by atoms with van der Waals surface area (Å²) in [4.78, 5) is 11.4. The van der Waals surface area contributed by atoms with Gasteiger partial charge in [0.1, 0.15) is 5.75 Å². The number of nitrogens with one attached hydrogen (secondary N) is 1. The molecular weight excluding hydrogens is 218 g/mol. The van der Waals surface area contributed by atoms with Crippen molar-refractivity contribution in [3.63, 3.8) is 0 Å². The minimum Gasteiger partial charge on any atom is -0.496 e. The van der Waals surface area contributed by atoms with Gasteiger partial charge in [0.05, 0.1) is 20.1 Å². The molecule has 0 aliphatic heterocycles. The Morgan fingerprint density at radius 2 is 2.00 bits per heavy atom. The lowest BCUT2D eigenvalue weighted by Gasteiger charge is -2.16. The molecular formula is C13H19NO3. The molecule has 0 spiro atoms. The van der Waals surface area contributed by atoms with E-state index in [9.17, 15) is 4.79 Å². The van der Waals surface area contributed by atoms with E-state index in [4.69, 9.17) is 9.84 Å². The number of aryl methyl sites for hydroxylation is 1. The molecule has 0 atom stereocenters. The number of anilines is 1. The molecule has 4 heteroatoms. The van der Waals surface area contributed by atoms with E-state index in [-0.39, 0.29) is 18.9 Å². The van der Waals surface area contributed by atoms with E-state index >= 15 is 0 Å². The number of benzene rings is 1. The summed E-state index contributed by atoms with van der Waals surface area (Å²) in [5.41, 5.74) is 3.76. The van der Waals surface area contributed by atoms with Crippen molar-refractivity contribution in [2.24, 2.45) is 0 Å². The molecule has 1 amide bonds. The molecule has 0 unspecified atom stereocenters. The molecule has 1 aromatic carbocycles. The average molecular weight is 237 g/mol. The molecule has 4 nitrogen and oxygen atoms in total. The number of carbonyl (C=O) groups is 1. The van der Waals surface area contributed by atoms with Gasteiger partial charge in [-0.25, -0.2) is 0 Å². The normalized spacial score (nSPS) is 10.2. The zero-order valence-electron chi connectivity index (χ0n) is 10.8. The molecule has 1 rings (SSSR count). The van der Waals surface area contributed by atoms with Crippen LogP contribution in [-0.2, 0) is 4.79 Å². The summed E-state index contributed by atoms with van der Waals surface area (Å²) in [6.45, 7) is 5.70. The summed E-state index contributed by atoms with van der Waals surface area (Å²) in [7, 11) is 1.64. The number of aliphatic hydroxyl groups excluding tert-OH is 1. The van der Waals surface area contributed by atoms with Crippen LogP contribution < -0.4 is 10.1 Å². The van der Waals surface area contributed by atoms with Gasteiger partial charge in [-0.15, -0.1) is 0 Å². The second-order valence-electron chi connectivity index (χ2n) is 4.05. The molecule has 17 heavy (non-hydrogen) atoms. The molecule has 0 saturated carbocycles. The van der Waals surface area contributed by atoms with Crippen LogP contribution in [0.1, 0.15) is 23.1 Å². The number of rotatable bonds is 4. The maximum absolute atomic E-state index is 11.4. The molecule has 94 valence electrons. The van der Waals surface area contributed by atoms with Gasteiger partial charge in [0, 0.05) is 5.69 Å². The van der Waals surface area contributed by atoms with Crippen molar-refractivity contribution in [3.8, 4) is 5.75 Å². The van der Waals surface area contributed by atoms with Gasteiger partial charge in [0.2, 0.25) is 5.91 Å². The summed E-state index contributed by atoms with van der Waals surface area (Å²) in [5, 5.41) is 11.5. The topological polar surface area (TPSA) is 58.6 Å². The molecule has 0 aliphatic rings. The van der Waals surface area contributed by atoms with Gasteiger partial charge in [0.15, 0.2) is 0 Å². The quantitative estimate of drug-likeness (QED) is 0.841. The first-order valence-corrected chi connectivity index (χ1v) is 5.56. The predicted molar refractivity (Wildman–Crippen MR) is 67.5 cm³/mol. The summed E-state index contributed by atoms with van der Waals surface area (Å²) >= 11 is 0. The zero-order chi connectivity index (χ0) is 13.0. The summed E-state index contributed by atoms with van der Waals surface area (Å²) in [5.74, 6) is 0.669. The fourth-order valence-corrected chi connectivity index (χ4v) is 1.82. The lowest BCUT2D eigenvalue weighted by molar-refractivity contribution is -0.116. The second kappa shape index (κ2) is 5.68. The number of amides is 1. The molecule has 0 fully saturated rings. The predicted octanol–water partition coefficient (Wildman–Crippen LogP) is 1.94. The van der Waals surface area contributed by atoms with Crippen molar-refractivity contribution in [1.29, 1.82) is 0 Å². The van der Waals surface area contributed by atoms with E-state index in [0.717, 1.165) is 28.1 Å². The largest absolute Gasteiger partial charge is 0.496 e. The molecule has 0 radical (unpaired) electrons. The van der Waals surface area contributed by atoms with Gasteiger partial charge < -0.3 is 15.2 Å². The van der Waals surface area contributed by atoms with Crippen LogP contribution in [0.5, 0.6) is 5.75 Å². The Morgan fingerprint density at radius 1 is 1.35 bits per heavy atom. The average Bonchev–Trinajstić information content (AvgIpc) is 2.26. The fourth-order valence-electron chi connectivity index (χ4n) is 1.82. The summed E-state index contributed by atoms with van der Waals surface area (Å²) in [6, 6.07) is 1.89. The van der Waals surface area contributed by atoms with Crippen LogP contribution in [0.2, 0.25) is 0 Å². The molecule has 0 saturated heterocycles.